The largest absolute Gasteiger partial charge is 0.492 e. The Kier molecular flexibility index (Phi) is 3.54. The van der Waals surface area contributed by atoms with Crippen molar-refractivity contribution in [1.29, 1.82) is 0 Å². The summed E-state index contributed by atoms with van der Waals surface area (Å²) in [6, 6.07) is 10.1. The van der Waals surface area contributed by atoms with E-state index >= 15 is 0 Å². The van der Waals surface area contributed by atoms with Crippen molar-refractivity contribution in [2.24, 2.45) is 0 Å². The van der Waals surface area contributed by atoms with Gasteiger partial charge in [-0.1, -0.05) is 35.8 Å². The SMILES string of the molecule is CC1(C)COc2ccc(C(O)c3cc(Br)ccc3F)cc21. The molecule has 1 aliphatic rings. The second-order valence-corrected chi connectivity index (χ2v) is 6.91. The summed E-state index contributed by atoms with van der Waals surface area (Å²) in [6.07, 6.45) is -0.996. The normalized spacial score (nSPS) is 17.2. The molecule has 0 radical (unpaired) electrons. The van der Waals surface area contributed by atoms with Crippen LogP contribution in [0.15, 0.2) is 40.9 Å². The molecule has 1 atom stereocenters. The van der Waals surface area contributed by atoms with E-state index in [1.165, 1.54) is 6.07 Å². The van der Waals surface area contributed by atoms with E-state index in [1.807, 2.05) is 12.1 Å². The molecule has 0 spiro atoms. The molecule has 0 aliphatic carbocycles. The zero-order valence-corrected chi connectivity index (χ0v) is 13.4. The first-order valence-electron chi connectivity index (χ1n) is 6.79. The van der Waals surface area contributed by atoms with E-state index in [4.69, 9.17) is 4.74 Å². The minimum Gasteiger partial charge on any atom is -0.492 e. The van der Waals surface area contributed by atoms with Crippen molar-refractivity contribution in [1.82, 2.24) is 0 Å². The molecule has 3 rings (SSSR count). The van der Waals surface area contributed by atoms with Crippen molar-refractivity contribution in [3.63, 3.8) is 0 Å². The van der Waals surface area contributed by atoms with Crippen molar-refractivity contribution >= 4 is 15.9 Å². The highest BCUT2D eigenvalue weighted by Crippen LogP contribution is 2.40. The van der Waals surface area contributed by atoms with Gasteiger partial charge in [0.15, 0.2) is 0 Å². The first-order chi connectivity index (χ1) is 9.88. The summed E-state index contributed by atoms with van der Waals surface area (Å²) in [6.45, 7) is 4.80. The number of aliphatic hydroxyl groups is 1. The Morgan fingerprint density at radius 2 is 2.00 bits per heavy atom. The number of hydrogen-bond acceptors (Lipinski definition) is 2. The summed E-state index contributed by atoms with van der Waals surface area (Å²) >= 11 is 3.31. The van der Waals surface area contributed by atoms with Gasteiger partial charge >= 0.3 is 0 Å². The summed E-state index contributed by atoms with van der Waals surface area (Å²) in [5.41, 5.74) is 1.89. The molecule has 110 valence electrons. The molecular weight excluding hydrogens is 335 g/mol. The van der Waals surface area contributed by atoms with Crippen LogP contribution in [0.1, 0.15) is 36.6 Å². The minimum atomic E-state index is -0.996. The fourth-order valence-electron chi connectivity index (χ4n) is 2.61. The Balaban J connectivity index is 2.03. The van der Waals surface area contributed by atoms with E-state index in [2.05, 4.69) is 29.8 Å². The highest BCUT2D eigenvalue weighted by atomic mass is 79.9. The van der Waals surface area contributed by atoms with Crippen molar-refractivity contribution < 1.29 is 14.2 Å². The Hall–Kier alpha value is -1.39. The molecule has 2 aromatic carbocycles. The maximum atomic E-state index is 13.9. The van der Waals surface area contributed by atoms with E-state index in [9.17, 15) is 9.50 Å². The first-order valence-corrected chi connectivity index (χ1v) is 7.58. The van der Waals surface area contributed by atoms with E-state index in [1.54, 1.807) is 18.2 Å². The van der Waals surface area contributed by atoms with E-state index < -0.39 is 11.9 Å². The quantitative estimate of drug-likeness (QED) is 0.872. The predicted molar refractivity (Wildman–Crippen MR) is 83.1 cm³/mol. The van der Waals surface area contributed by atoms with Gasteiger partial charge in [-0.3, -0.25) is 0 Å². The fourth-order valence-corrected chi connectivity index (χ4v) is 2.99. The predicted octanol–water partition coefficient (Wildman–Crippen LogP) is 4.34. The van der Waals surface area contributed by atoms with Crippen LogP contribution in [0, 0.1) is 5.82 Å². The number of rotatable bonds is 2. The summed E-state index contributed by atoms with van der Waals surface area (Å²) in [4.78, 5) is 0. The second-order valence-electron chi connectivity index (χ2n) is 6.00. The van der Waals surface area contributed by atoms with Crippen LogP contribution in [0.2, 0.25) is 0 Å². The van der Waals surface area contributed by atoms with Gasteiger partial charge in [-0.05, 0) is 35.9 Å². The summed E-state index contributed by atoms with van der Waals surface area (Å²) in [5, 5.41) is 10.5. The lowest BCUT2D eigenvalue weighted by Gasteiger charge is -2.18. The minimum absolute atomic E-state index is 0.0964. The van der Waals surface area contributed by atoms with Crippen LogP contribution in [-0.2, 0) is 5.41 Å². The van der Waals surface area contributed by atoms with Crippen LogP contribution in [0.25, 0.3) is 0 Å². The summed E-state index contributed by atoms with van der Waals surface area (Å²) in [5.74, 6) is 0.423. The van der Waals surface area contributed by atoms with E-state index in [0.717, 1.165) is 15.8 Å². The van der Waals surface area contributed by atoms with Crippen LogP contribution < -0.4 is 4.74 Å². The molecule has 1 unspecified atom stereocenters. The number of aliphatic hydroxyl groups excluding tert-OH is 1. The fraction of sp³-hybridized carbons (Fsp3) is 0.294. The Labute approximate surface area is 131 Å². The van der Waals surface area contributed by atoms with Crippen molar-refractivity contribution in [3.8, 4) is 5.75 Å². The van der Waals surface area contributed by atoms with Gasteiger partial charge in [0.25, 0.3) is 0 Å². The van der Waals surface area contributed by atoms with Crippen molar-refractivity contribution in [2.45, 2.75) is 25.4 Å². The van der Waals surface area contributed by atoms with Gasteiger partial charge in [0.2, 0.25) is 0 Å². The van der Waals surface area contributed by atoms with Crippen LogP contribution in [0.5, 0.6) is 5.75 Å². The van der Waals surface area contributed by atoms with E-state index in [0.29, 0.717) is 12.2 Å². The molecule has 1 heterocycles. The molecule has 21 heavy (non-hydrogen) atoms. The van der Waals surface area contributed by atoms with Crippen molar-refractivity contribution in [3.05, 3.63) is 63.4 Å². The molecule has 0 amide bonds. The van der Waals surface area contributed by atoms with Gasteiger partial charge in [0.05, 0.1) is 6.61 Å². The molecule has 1 N–H and O–H groups in total. The Bertz CT molecular complexity index is 697. The van der Waals surface area contributed by atoms with Crippen LogP contribution in [0.4, 0.5) is 4.39 Å². The molecule has 0 fully saturated rings. The first kappa shape index (κ1) is 14.5. The third-order valence-corrected chi connectivity index (χ3v) is 4.38. The third-order valence-electron chi connectivity index (χ3n) is 3.89. The topological polar surface area (TPSA) is 29.5 Å². The van der Waals surface area contributed by atoms with Gasteiger partial charge in [0, 0.05) is 21.0 Å². The van der Waals surface area contributed by atoms with Crippen LogP contribution in [0.3, 0.4) is 0 Å². The lowest BCUT2D eigenvalue weighted by molar-refractivity contribution is 0.214. The van der Waals surface area contributed by atoms with Gasteiger partial charge in [0.1, 0.15) is 17.7 Å². The average Bonchev–Trinajstić information content (AvgIpc) is 2.76. The lowest BCUT2D eigenvalue weighted by atomic mass is 9.85. The number of hydrogen-bond donors (Lipinski definition) is 1. The maximum Gasteiger partial charge on any atom is 0.129 e. The zero-order valence-electron chi connectivity index (χ0n) is 11.9. The monoisotopic (exact) mass is 350 g/mol. The van der Waals surface area contributed by atoms with Crippen molar-refractivity contribution in [2.75, 3.05) is 6.61 Å². The number of benzene rings is 2. The molecule has 2 aromatic rings. The molecule has 2 nitrogen and oxygen atoms in total. The summed E-state index contributed by atoms with van der Waals surface area (Å²) < 4.78 is 20.3. The highest BCUT2D eigenvalue weighted by molar-refractivity contribution is 9.10. The smallest absolute Gasteiger partial charge is 0.129 e. The van der Waals surface area contributed by atoms with Gasteiger partial charge in [-0.15, -0.1) is 0 Å². The second kappa shape index (κ2) is 5.11. The molecule has 0 saturated carbocycles. The molecular formula is C17H16BrFO2. The molecule has 0 bridgehead atoms. The van der Waals surface area contributed by atoms with Crippen LogP contribution in [-0.4, -0.2) is 11.7 Å². The standard InChI is InChI=1S/C17H16BrFO2/c1-17(2)9-21-15-6-3-10(7-13(15)17)16(20)12-8-11(18)4-5-14(12)19/h3-8,16,20H,9H2,1-2H3. The van der Waals surface area contributed by atoms with Gasteiger partial charge in [-0.2, -0.15) is 0 Å². The maximum absolute atomic E-state index is 13.9. The molecule has 0 aromatic heterocycles. The highest BCUT2D eigenvalue weighted by Gasteiger charge is 2.32. The number of halogens is 2. The van der Waals surface area contributed by atoms with Gasteiger partial charge < -0.3 is 9.84 Å². The van der Waals surface area contributed by atoms with E-state index in [-0.39, 0.29) is 11.0 Å². The molecule has 1 aliphatic heterocycles. The number of ether oxygens (including phenoxy) is 1. The lowest BCUT2D eigenvalue weighted by Crippen LogP contribution is -2.18. The molecule has 0 saturated heterocycles. The summed E-state index contributed by atoms with van der Waals surface area (Å²) in [7, 11) is 0. The average molecular weight is 351 g/mol. The molecule has 4 heteroatoms. The zero-order chi connectivity index (χ0) is 15.2. The Morgan fingerprint density at radius 3 is 2.76 bits per heavy atom. The third kappa shape index (κ3) is 2.58. The van der Waals surface area contributed by atoms with Crippen LogP contribution >= 0.6 is 15.9 Å². The number of fused-ring (bicyclic) bond motifs is 1. The Morgan fingerprint density at radius 1 is 1.24 bits per heavy atom. The van der Waals surface area contributed by atoms with Gasteiger partial charge in [-0.25, -0.2) is 4.39 Å².